The van der Waals surface area contributed by atoms with Gasteiger partial charge in [-0.1, -0.05) is 30.3 Å². The van der Waals surface area contributed by atoms with Gasteiger partial charge in [-0.05, 0) is 38.7 Å². The number of benzene rings is 1. The first-order valence-electron chi connectivity index (χ1n) is 5.75. The molecule has 86 valence electrons. The summed E-state index contributed by atoms with van der Waals surface area (Å²) in [6.45, 7) is 5.72. The van der Waals surface area contributed by atoms with Crippen molar-refractivity contribution in [3.63, 3.8) is 0 Å². The fourth-order valence-corrected chi connectivity index (χ4v) is 1.90. The standard InChI is InChI=1S/C14H18O2/c1-14(2,3)16-13(15)12-9-11(12)10-7-5-4-6-8-10/h4-8,11-12H,9H2,1-3H3/t11-,12+/m1/s1. The number of carbonyl (C=O) groups is 1. The summed E-state index contributed by atoms with van der Waals surface area (Å²) in [4.78, 5) is 11.8. The van der Waals surface area contributed by atoms with E-state index >= 15 is 0 Å². The highest BCUT2D eigenvalue weighted by atomic mass is 16.6. The third kappa shape index (κ3) is 2.63. The number of hydrogen-bond donors (Lipinski definition) is 0. The Labute approximate surface area is 96.6 Å². The Balaban J connectivity index is 1.95. The van der Waals surface area contributed by atoms with Gasteiger partial charge in [0.25, 0.3) is 0 Å². The van der Waals surface area contributed by atoms with E-state index in [-0.39, 0.29) is 17.5 Å². The van der Waals surface area contributed by atoms with Crippen LogP contribution in [-0.4, -0.2) is 11.6 Å². The van der Waals surface area contributed by atoms with Crippen LogP contribution in [0.3, 0.4) is 0 Å². The lowest BCUT2D eigenvalue weighted by molar-refractivity contribution is -0.156. The highest BCUT2D eigenvalue weighted by Crippen LogP contribution is 2.48. The summed E-state index contributed by atoms with van der Waals surface area (Å²) in [5, 5.41) is 0. The van der Waals surface area contributed by atoms with E-state index in [0.717, 1.165) is 6.42 Å². The molecule has 2 rings (SSSR count). The minimum Gasteiger partial charge on any atom is -0.460 e. The van der Waals surface area contributed by atoms with Crippen LogP contribution in [-0.2, 0) is 9.53 Å². The van der Waals surface area contributed by atoms with Gasteiger partial charge < -0.3 is 4.74 Å². The molecule has 1 saturated carbocycles. The molecule has 0 spiro atoms. The van der Waals surface area contributed by atoms with Crippen LogP contribution >= 0.6 is 0 Å². The predicted octanol–water partition coefficient (Wildman–Crippen LogP) is 3.13. The Hall–Kier alpha value is -1.31. The quantitative estimate of drug-likeness (QED) is 0.713. The van der Waals surface area contributed by atoms with E-state index in [2.05, 4.69) is 12.1 Å². The number of esters is 1. The lowest BCUT2D eigenvalue weighted by Crippen LogP contribution is -2.25. The van der Waals surface area contributed by atoms with Crippen LogP contribution in [0.2, 0.25) is 0 Å². The monoisotopic (exact) mass is 218 g/mol. The van der Waals surface area contributed by atoms with Crippen molar-refractivity contribution in [1.82, 2.24) is 0 Å². The molecule has 0 aromatic heterocycles. The normalized spacial score (nSPS) is 23.9. The molecule has 1 fully saturated rings. The summed E-state index contributed by atoms with van der Waals surface area (Å²) < 4.78 is 5.37. The molecule has 0 heterocycles. The molecule has 2 atom stereocenters. The molecule has 2 heteroatoms. The molecule has 1 aromatic rings. The second-order valence-corrected chi connectivity index (χ2v) is 5.39. The Morgan fingerprint density at radius 3 is 2.44 bits per heavy atom. The number of carbonyl (C=O) groups excluding carboxylic acids is 1. The van der Waals surface area contributed by atoms with Crippen LogP contribution in [0.15, 0.2) is 30.3 Å². The molecule has 0 unspecified atom stereocenters. The van der Waals surface area contributed by atoms with Crippen molar-refractivity contribution in [2.45, 2.75) is 38.7 Å². The fourth-order valence-electron chi connectivity index (χ4n) is 1.90. The molecule has 16 heavy (non-hydrogen) atoms. The SMILES string of the molecule is CC(C)(C)OC(=O)[C@H]1C[C@@H]1c1ccccc1. The third-order valence-electron chi connectivity index (χ3n) is 2.73. The first-order valence-corrected chi connectivity index (χ1v) is 5.75. The highest BCUT2D eigenvalue weighted by molar-refractivity contribution is 5.77. The average molecular weight is 218 g/mol. The molecule has 1 aliphatic rings. The zero-order valence-electron chi connectivity index (χ0n) is 10.1. The Kier molecular flexibility index (Phi) is 2.75. The Bertz CT molecular complexity index is 375. The van der Waals surface area contributed by atoms with Gasteiger partial charge in [-0.3, -0.25) is 4.79 Å². The average Bonchev–Trinajstić information content (AvgIpc) is 2.96. The second-order valence-electron chi connectivity index (χ2n) is 5.39. The second kappa shape index (κ2) is 3.93. The molecule has 2 nitrogen and oxygen atoms in total. The minimum atomic E-state index is -0.374. The third-order valence-corrected chi connectivity index (χ3v) is 2.73. The van der Waals surface area contributed by atoms with Crippen molar-refractivity contribution < 1.29 is 9.53 Å². The van der Waals surface area contributed by atoms with Gasteiger partial charge in [0.05, 0.1) is 5.92 Å². The maximum atomic E-state index is 11.8. The summed E-state index contributed by atoms with van der Waals surface area (Å²) in [5.74, 6) is 0.388. The summed E-state index contributed by atoms with van der Waals surface area (Å²) in [6, 6.07) is 10.2. The molecule has 1 aromatic carbocycles. The van der Waals surface area contributed by atoms with E-state index in [9.17, 15) is 4.79 Å². The van der Waals surface area contributed by atoms with Gasteiger partial charge in [0, 0.05) is 0 Å². The van der Waals surface area contributed by atoms with Gasteiger partial charge in [0.1, 0.15) is 5.60 Å². The van der Waals surface area contributed by atoms with Crippen molar-refractivity contribution >= 4 is 5.97 Å². The van der Waals surface area contributed by atoms with Crippen molar-refractivity contribution in [2.24, 2.45) is 5.92 Å². The van der Waals surface area contributed by atoms with E-state index in [1.165, 1.54) is 5.56 Å². The Morgan fingerprint density at radius 2 is 1.88 bits per heavy atom. The first kappa shape index (κ1) is 11.2. The molecule has 0 radical (unpaired) electrons. The van der Waals surface area contributed by atoms with Gasteiger partial charge in [-0.2, -0.15) is 0 Å². The first-order chi connectivity index (χ1) is 7.47. The summed E-state index contributed by atoms with van der Waals surface area (Å²) in [7, 11) is 0. The van der Waals surface area contributed by atoms with Crippen LogP contribution in [0.5, 0.6) is 0 Å². The van der Waals surface area contributed by atoms with Crippen molar-refractivity contribution in [2.75, 3.05) is 0 Å². The van der Waals surface area contributed by atoms with Crippen LogP contribution in [0.4, 0.5) is 0 Å². The summed E-state index contributed by atoms with van der Waals surface area (Å²) in [5.41, 5.74) is 0.874. The summed E-state index contributed by atoms with van der Waals surface area (Å²) >= 11 is 0. The minimum absolute atomic E-state index is 0.0543. The van der Waals surface area contributed by atoms with Crippen LogP contribution in [0.25, 0.3) is 0 Å². The smallest absolute Gasteiger partial charge is 0.310 e. The molecule has 0 aliphatic heterocycles. The molecular weight excluding hydrogens is 200 g/mol. The topological polar surface area (TPSA) is 26.3 Å². The van der Waals surface area contributed by atoms with Gasteiger partial charge in [-0.15, -0.1) is 0 Å². The van der Waals surface area contributed by atoms with Crippen molar-refractivity contribution in [1.29, 1.82) is 0 Å². The zero-order valence-corrected chi connectivity index (χ0v) is 10.1. The number of hydrogen-bond acceptors (Lipinski definition) is 2. The van der Waals surface area contributed by atoms with Crippen LogP contribution in [0, 0.1) is 5.92 Å². The van der Waals surface area contributed by atoms with Gasteiger partial charge in [-0.25, -0.2) is 0 Å². The molecule has 0 saturated heterocycles. The fraction of sp³-hybridized carbons (Fsp3) is 0.500. The van der Waals surface area contributed by atoms with Crippen molar-refractivity contribution in [3.8, 4) is 0 Å². The van der Waals surface area contributed by atoms with E-state index < -0.39 is 0 Å². The van der Waals surface area contributed by atoms with E-state index in [0.29, 0.717) is 5.92 Å². The molecule has 0 bridgehead atoms. The Morgan fingerprint density at radius 1 is 1.25 bits per heavy atom. The lowest BCUT2D eigenvalue weighted by Gasteiger charge is -2.19. The van der Waals surface area contributed by atoms with Crippen molar-refractivity contribution in [3.05, 3.63) is 35.9 Å². The zero-order chi connectivity index (χ0) is 11.8. The van der Waals surface area contributed by atoms with Crippen LogP contribution < -0.4 is 0 Å². The lowest BCUT2D eigenvalue weighted by atomic mass is 10.1. The maximum Gasteiger partial charge on any atom is 0.310 e. The van der Waals surface area contributed by atoms with Gasteiger partial charge in [0.15, 0.2) is 0 Å². The highest BCUT2D eigenvalue weighted by Gasteiger charge is 2.46. The van der Waals surface area contributed by atoms with E-state index in [1.807, 2.05) is 39.0 Å². The van der Waals surface area contributed by atoms with E-state index in [1.54, 1.807) is 0 Å². The maximum absolute atomic E-state index is 11.8. The molecule has 1 aliphatic carbocycles. The summed E-state index contributed by atoms with van der Waals surface area (Å²) in [6.07, 6.45) is 0.929. The molecule has 0 N–H and O–H groups in total. The number of ether oxygens (including phenoxy) is 1. The molecular formula is C14H18O2. The molecule has 0 amide bonds. The largest absolute Gasteiger partial charge is 0.460 e. The van der Waals surface area contributed by atoms with Gasteiger partial charge >= 0.3 is 5.97 Å². The van der Waals surface area contributed by atoms with Gasteiger partial charge in [0.2, 0.25) is 0 Å². The predicted molar refractivity (Wildman–Crippen MR) is 63.1 cm³/mol. The van der Waals surface area contributed by atoms with Crippen LogP contribution in [0.1, 0.15) is 38.7 Å². The van der Waals surface area contributed by atoms with E-state index in [4.69, 9.17) is 4.74 Å². The number of rotatable bonds is 2.